The van der Waals surface area contributed by atoms with Gasteiger partial charge >= 0.3 is 0 Å². The molecular weight excluding hydrogens is 268 g/mol. The summed E-state index contributed by atoms with van der Waals surface area (Å²) in [5, 5.41) is 6.03. The second kappa shape index (κ2) is 7.51. The van der Waals surface area contributed by atoms with Crippen molar-refractivity contribution in [1.82, 2.24) is 9.97 Å². The molecule has 0 unspecified atom stereocenters. The van der Waals surface area contributed by atoms with Gasteiger partial charge in [0.25, 0.3) is 0 Å². The van der Waals surface area contributed by atoms with E-state index >= 15 is 0 Å². The van der Waals surface area contributed by atoms with Crippen molar-refractivity contribution in [2.24, 2.45) is 0 Å². The van der Waals surface area contributed by atoms with Gasteiger partial charge in [0, 0.05) is 17.0 Å². The molecule has 0 aliphatic rings. The average molecular weight is 290 g/mol. The van der Waals surface area contributed by atoms with Crippen molar-refractivity contribution in [2.45, 2.75) is 27.7 Å². The Kier molecular flexibility index (Phi) is 5.42. The van der Waals surface area contributed by atoms with Crippen molar-refractivity contribution in [3.63, 3.8) is 0 Å². The Morgan fingerprint density at radius 1 is 0.591 bits per heavy atom. The van der Waals surface area contributed by atoms with E-state index in [0.717, 1.165) is 10.9 Å². The van der Waals surface area contributed by atoms with Gasteiger partial charge in [0.05, 0.1) is 5.52 Å². The van der Waals surface area contributed by atoms with E-state index in [1.807, 2.05) is 33.9 Å². The van der Waals surface area contributed by atoms with Crippen LogP contribution < -0.4 is 0 Å². The van der Waals surface area contributed by atoms with Crippen LogP contribution in [0, 0.1) is 0 Å². The summed E-state index contributed by atoms with van der Waals surface area (Å²) in [5.74, 6) is 0. The molecule has 0 saturated heterocycles. The van der Waals surface area contributed by atoms with Crippen molar-refractivity contribution in [3.8, 4) is 0 Å². The Hall–Kier alpha value is -2.48. The molecule has 4 rings (SSSR count). The summed E-state index contributed by atoms with van der Waals surface area (Å²) in [4.78, 5) is 8.61. The molecule has 0 radical (unpaired) electrons. The van der Waals surface area contributed by atoms with Crippen LogP contribution in [-0.4, -0.2) is 9.97 Å². The van der Waals surface area contributed by atoms with Crippen LogP contribution in [0.3, 0.4) is 0 Å². The molecule has 22 heavy (non-hydrogen) atoms. The van der Waals surface area contributed by atoms with E-state index in [1.54, 1.807) is 6.33 Å². The topological polar surface area (TPSA) is 25.8 Å². The van der Waals surface area contributed by atoms with Gasteiger partial charge in [-0.05, 0) is 16.2 Å². The van der Waals surface area contributed by atoms with Gasteiger partial charge in [0.1, 0.15) is 6.33 Å². The SMILES string of the molecule is CC.CC.c1ccc2c(c1)c1ccccc1c1ncncc21. The molecule has 0 fully saturated rings. The van der Waals surface area contributed by atoms with Gasteiger partial charge in [-0.2, -0.15) is 0 Å². The summed E-state index contributed by atoms with van der Waals surface area (Å²) in [7, 11) is 0. The van der Waals surface area contributed by atoms with E-state index in [9.17, 15) is 0 Å². The minimum Gasteiger partial charge on any atom is -0.244 e. The van der Waals surface area contributed by atoms with Crippen LogP contribution in [0.15, 0.2) is 61.1 Å². The summed E-state index contributed by atoms with van der Waals surface area (Å²) in [6.45, 7) is 8.00. The monoisotopic (exact) mass is 290 g/mol. The lowest BCUT2D eigenvalue weighted by Crippen LogP contribution is -1.86. The highest BCUT2D eigenvalue weighted by molar-refractivity contribution is 6.23. The Morgan fingerprint density at radius 2 is 1.05 bits per heavy atom. The maximum absolute atomic E-state index is 4.45. The van der Waals surface area contributed by atoms with Crippen LogP contribution in [0.1, 0.15) is 27.7 Å². The third kappa shape index (κ3) is 2.64. The zero-order valence-corrected chi connectivity index (χ0v) is 13.7. The Bertz CT molecular complexity index is 661. The normalized spacial score (nSPS) is 9.82. The van der Waals surface area contributed by atoms with Crippen molar-refractivity contribution >= 4 is 32.4 Å². The second-order valence-corrected chi connectivity index (χ2v) is 4.38. The predicted molar refractivity (Wildman–Crippen MR) is 97.2 cm³/mol. The quantitative estimate of drug-likeness (QED) is 0.372. The third-order valence-corrected chi connectivity index (χ3v) is 3.40. The van der Waals surface area contributed by atoms with Crippen LogP contribution in [0.5, 0.6) is 0 Å². The zero-order valence-electron chi connectivity index (χ0n) is 13.7. The first kappa shape index (κ1) is 15.9. The molecule has 1 aromatic heterocycles. The molecular formula is C20H22N2. The number of hydrogen-bond acceptors (Lipinski definition) is 2. The maximum atomic E-state index is 4.45. The van der Waals surface area contributed by atoms with Gasteiger partial charge in [0.2, 0.25) is 0 Å². The van der Waals surface area contributed by atoms with Gasteiger partial charge in [0.15, 0.2) is 0 Å². The molecule has 2 heteroatoms. The Labute approximate surface area is 131 Å². The molecule has 0 saturated carbocycles. The van der Waals surface area contributed by atoms with E-state index in [2.05, 4.69) is 58.5 Å². The second-order valence-electron chi connectivity index (χ2n) is 4.38. The van der Waals surface area contributed by atoms with Gasteiger partial charge in [-0.1, -0.05) is 76.2 Å². The first-order valence-corrected chi connectivity index (χ1v) is 7.94. The van der Waals surface area contributed by atoms with Crippen molar-refractivity contribution in [2.75, 3.05) is 0 Å². The average Bonchev–Trinajstić information content (AvgIpc) is 2.65. The van der Waals surface area contributed by atoms with Crippen molar-refractivity contribution in [1.29, 1.82) is 0 Å². The molecule has 0 spiro atoms. The molecule has 112 valence electrons. The molecule has 0 amide bonds. The highest BCUT2D eigenvalue weighted by Gasteiger charge is 2.07. The summed E-state index contributed by atoms with van der Waals surface area (Å²) in [5.41, 5.74) is 1.03. The molecule has 0 bridgehead atoms. The van der Waals surface area contributed by atoms with Gasteiger partial charge < -0.3 is 0 Å². The third-order valence-electron chi connectivity index (χ3n) is 3.40. The Balaban J connectivity index is 0.000000410. The number of benzene rings is 3. The van der Waals surface area contributed by atoms with Gasteiger partial charge in [-0.25, -0.2) is 9.97 Å². The largest absolute Gasteiger partial charge is 0.244 e. The van der Waals surface area contributed by atoms with Crippen LogP contribution in [0.2, 0.25) is 0 Å². The van der Waals surface area contributed by atoms with E-state index < -0.39 is 0 Å². The highest BCUT2D eigenvalue weighted by atomic mass is 14.8. The van der Waals surface area contributed by atoms with E-state index in [1.165, 1.54) is 21.5 Å². The fourth-order valence-electron chi connectivity index (χ4n) is 2.62. The molecule has 0 atom stereocenters. The molecule has 4 aromatic rings. The number of hydrogen-bond donors (Lipinski definition) is 0. The summed E-state index contributed by atoms with van der Waals surface area (Å²) in [6.07, 6.45) is 3.51. The number of fused-ring (bicyclic) bond motifs is 6. The van der Waals surface area contributed by atoms with E-state index in [0.29, 0.717) is 0 Å². The molecule has 3 aromatic carbocycles. The van der Waals surface area contributed by atoms with Crippen molar-refractivity contribution < 1.29 is 0 Å². The number of nitrogens with zero attached hydrogens (tertiary/aromatic N) is 2. The molecule has 1 heterocycles. The van der Waals surface area contributed by atoms with E-state index in [4.69, 9.17) is 0 Å². The lowest BCUT2D eigenvalue weighted by atomic mass is 9.98. The standard InChI is InChI=1S/C16H10N2.2C2H6/c1-2-7-13-11(5-1)12-6-3-4-8-14(12)16-15(13)9-17-10-18-16;2*1-2/h1-10H;2*1-2H3. The van der Waals surface area contributed by atoms with E-state index in [-0.39, 0.29) is 0 Å². The number of aromatic nitrogens is 2. The lowest BCUT2D eigenvalue weighted by Gasteiger charge is -2.08. The van der Waals surface area contributed by atoms with Crippen molar-refractivity contribution in [3.05, 3.63) is 61.1 Å². The number of rotatable bonds is 0. The molecule has 2 nitrogen and oxygen atoms in total. The van der Waals surface area contributed by atoms with Crippen LogP contribution in [-0.2, 0) is 0 Å². The fraction of sp³-hybridized carbons (Fsp3) is 0.200. The predicted octanol–water partition coefficient (Wildman–Crippen LogP) is 5.99. The lowest BCUT2D eigenvalue weighted by molar-refractivity contribution is 1.23. The fourth-order valence-corrected chi connectivity index (χ4v) is 2.62. The van der Waals surface area contributed by atoms with Crippen LogP contribution in [0.4, 0.5) is 0 Å². The summed E-state index contributed by atoms with van der Waals surface area (Å²) < 4.78 is 0. The summed E-state index contributed by atoms with van der Waals surface area (Å²) >= 11 is 0. The molecule has 0 aliphatic carbocycles. The summed E-state index contributed by atoms with van der Waals surface area (Å²) in [6, 6.07) is 16.8. The first-order chi connectivity index (χ1) is 10.9. The minimum absolute atomic E-state index is 1.03. The minimum atomic E-state index is 1.03. The van der Waals surface area contributed by atoms with Gasteiger partial charge in [-0.3, -0.25) is 0 Å². The molecule has 0 aliphatic heterocycles. The zero-order chi connectivity index (χ0) is 15.9. The maximum Gasteiger partial charge on any atom is 0.116 e. The van der Waals surface area contributed by atoms with Crippen LogP contribution >= 0.6 is 0 Å². The molecule has 0 N–H and O–H groups in total. The van der Waals surface area contributed by atoms with Gasteiger partial charge in [-0.15, -0.1) is 0 Å². The smallest absolute Gasteiger partial charge is 0.116 e. The highest BCUT2D eigenvalue weighted by Crippen LogP contribution is 2.32. The first-order valence-electron chi connectivity index (χ1n) is 7.94. The Morgan fingerprint density at radius 3 is 1.64 bits per heavy atom. The van der Waals surface area contributed by atoms with Crippen LogP contribution in [0.25, 0.3) is 32.4 Å².